The van der Waals surface area contributed by atoms with E-state index in [1.165, 1.54) is 5.01 Å². The van der Waals surface area contributed by atoms with E-state index in [1.807, 2.05) is 82.1 Å². The Hall–Kier alpha value is -2.71. The van der Waals surface area contributed by atoms with Crippen molar-refractivity contribution in [2.45, 2.75) is 59.4 Å². The van der Waals surface area contributed by atoms with Crippen LogP contribution < -0.4 is 10.9 Å². The van der Waals surface area contributed by atoms with Gasteiger partial charge in [-0.1, -0.05) is 70.2 Å². The summed E-state index contributed by atoms with van der Waals surface area (Å²) < 4.78 is 0. The molecule has 1 heterocycles. The Kier molecular flexibility index (Phi) is 11.4. The molecule has 0 aliphatic carbocycles. The summed E-state index contributed by atoms with van der Waals surface area (Å²) in [6, 6.07) is 9.42. The molecule has 1 fully saturated rings. The number of carbonyl (C=O) groups is 3. The number of amides is 3. The molecule has 2 rings (SSSR count). The average molecular weight is 487 g/mol. The fraction of sp³-hybridized carbons (Fsp3) is 0.593. The molecule has 1 aromatic carbocycles. The second-order valence-electron chi connectivity index (χ2n) is 10.3. The van der Waals surface area contributed by atoms with Crippen LogP contribution in [0.15, 0.2) is 36.4 Å². The van der Waals surface area contributed by atoms with E-state index in [9.17, 15) is 19.6 Å². The van der Waals surface area contributed by atoms with E-state index in [0.717, 1.165) is 24.9 Å². The SMILES string of the molecule is CC(C)C[C@@H](C(=O)NN(CC(C)C)C(=O)[C@@H]1CCCN1C)[C@H](CC=Cc1ccccc1)C(=O)NO. The Labute approximate surface area is 209 Å². The number of allylic oxidation sites excluding steroid dienone is 1. The Balaban J connectivity index is 2.25. The summed E-state index contributed by atoms with van der Waals surface area (Å²) >= 11 is 0. The number of likely N-dealkylation sites (tertiary alicyclic amines) is 1. The number of benzene rings is 1. The summed E-state index contributed by atoms with van der Waals surface area (Å²) in [7, 11) is 1.92. The molecule has 3 atom stereocenters. The maximum atomic E-state index is 13.6. The Morgan fingerprint density at radius 1 is 1.09 bits per heavy atom. The van der Waals surface area contributed by atoms with Gasteiger partial charge in [-0.25, -0.2) is 5.48 Å². The zero-order valence-corrected chi connectivity index (χ0v) is 21.7. The molecule has 0 radical (unpaired) electrons. The Bertz CT molecular complexity index is 856. The van der Waals surface area contributed by atoms with E-state index in [4.69, 9.17) is 0 Å². The normalized spacial score (nSPS) is 18.1. The van der Waals surface area contributed by atoms with Crippen LogP contribution in [-0.2, 0) is 14.4 Å². The molecule has 194 valence electrons. The molecule has 35 heavy (non-hydrogen) atoms. The van der Waals surface area contributed by atoms with E-state index in [-0.39, 0.29) is 36.1 Å². The zero-order valence-electron chi connectivity index (χ0n) is 21.7. The largest absolute Gasteiger partial charge is 0.295 e. The number of likely N-dealkylation sites (N-methyl/N-ethyl adjacent to an activating group) is 1. The minimum atomic E-state index is -0.785. The zero-order chi connectivity index (χ0) is 26.0. The maximum absolute atomic E-state index is 13.6. The van der Waals surface area contributed by atoms with Crippen molar-refractivity contribution in [3.8, 4) is 0 Å². The monoisotopic (exact) mass is 486 g/mol. The van der Waals surface area contributed by atoms with Crippen molar-refractivity contribution in [2.75, 3.05) is 20.1 Å². The molecule has 0 saturated carbocycles. The van der Waals surface area contributed by atoms with Gasteiger partial charge >= 0.3 is 0 Å². The van der Waals surface area contributed by atoms with Crippen LogP contribution in [0.2, 0.25) is 0 Å². The van der Waals surface area contributed by atoms with Gasteiger partial charge in [0.25, 0.3) is 5.91 Å². The van der Waals surface area contributed by atoms with Gasteiger partial charge in [-0.3, -0.25) is 34.9 Å². The molecule has 0 spiro atoms. The maximum Gasteiger partial charge on any atom is 0.258 e. The number of nitrogens with one attached hydrogen (secondary N) is 2. The lowest BCUT2D eigenvalue weighted by Crippen LogP contribution is -2.56. The summed E-state index contributed by atoms with van der Waals surface area (Å²) in [6.07, 6.45) is 6.16. The Morgan fingerprint density at radius 2 is 1.77 bits per heavy atom. The lowest BCUT2D eigenvalue weighted by molar-refractivity contribution is -0.149. The van der Waals surface area contributed by atoms with Crippen molar-refractivity contribution >= 4 is 23.8 Å². The number of hydrazine groups is 1. The molecule has 3 amide bonds. The third kappa shape index (κ3) is 8.78. The van der Waals surface area contributed by atoms with Crippen LogP contribution in [0.3, 0.4) is 0 Å². The van der Waals surface area contributed by atoms with Crippen LogP contribution >= 0.6 is 0 Å². The van der Waals surface area contributed by atoms with Crippen LogP contribution in [0.4, 0.5) is 0 Å². The fourth-order valence-electron chi connectivity index (χ4n) is 4.59. The lowest BCUT2D eigenvalue weighted by atomic mass is 9.82. The number of nitrogens with zero attached hydrogens (tertiary/aromatic N) is 2. The lowest BCUT2D eigenvalue weighted by Gasteiger charge is -2.33. The van der Waals surface area contributed by atoms with Gasteiger partial charge in [-0.2, -0.15) is 0 Å². The highest BCUT2D eigenvalue weighted by molar-refractivity contribution is 5.90. The molecule has 1 saturated heterocycles. The number of carbonyl (C=O) groups excluding carboxylic acids is 3. The predicted molar refractivity (Wildman–Crippen MR) is 137 cm³/mol. The van der Waals surface area contributed by atoms with Crippen LogP contribution in [0.1, 0.15) is 58.9 Å². The van der Waals surface area contributed by atoms with E-state index in [2.05, 4.69) is 5.43 Å². The van der Waals surface area contributed by atoms with E-state index in [0.29, 0.717) is 13.0 Å². The molecule has 0 aromatic heterocycles. The van der Waals surface area contributed by atoms with E-state index < -0.39 is 17.7 Å². The summed E-state index contributed by atoms with van der Waals surface area (Å²) in [5.41, 5.74) is 5.57. The van der Waals surface area contributed by atoms with Gasteiger partial charge in [0.05, 0.1) is 17.9 Å². The van der Waals surface area contributed by atoms with Gasteiger partial charge in [0.15, 0.2) is 0 Å². The van der Waals surface area contributed by atoms with Gasteiger partial charge in [-0.05, 0) is 56.7 Å². The quantitative estimate of drug-likeness (QED) is 0.328. The van der Waals surface area contributed by atoms with Crippen molar-refractivity contribution in [3.63, 3.8) is 0 Å². The van der Waals surface area contributed by atoms with Crippen LogP contribution in [0.25, 0.3) is 6.08 Å². The van der Waals surface area contributed by atoms with Gasteiger partial charge in [-0.15, -0.1) is 0 Å². The number of hydrogen-bond donors (Lipinski definition) is 3. The van der Waals surface area contributed by atoms with Gasteiger partial charge in [0.2, 0.25) is 11.8 Å². The molecule has 1 aliphatic heterocycles. The first-order chi connectivity index (χ1) is 16.6. The number of hydrogen-bond acceptors (Lipinski definition) is 5. The third-order valence-corrected chi connectivity index (χ3v) is 6.36. The minimum absolute atomic E-state index is 0.123. The summed E-state index contributed by atoms with van der Waals surface area (Å²) in [4.78, 5) is 41.5. The highest BCUT2D eigenvalue weighted by Gasteiger charge is 2.37. The molecule has 1 aliphatic rings. The topological polar surface area (TPSA) is 102 Å². The van der Waals surface area contributed by atoms with Crippen molar-refractivity contribution in [1.82, 2.24) is 20.8 Å². The van der Waals surface area contributed by atoms with Crippen LogP contribution in [0.5, 0.6) is 0 Å². The van der Waals surface area contributed by atoms with Gasteiger partial charge in [0, 0.05) is 6.54 Å². The molecule has 0 bridgehead atoms. The highest BCUT2D eigenvalue weighted by atomic mass is 16.5. The van der Waals surface area contributed by atoms with Crippen LogP contribution in [0, 0.1) is 23.7 Å². The summed E-state index contributed by atoms with van der Waals surface area (Å²) in [6.45, 7) is 9.19. The highest BCUT2D eigenvalue weighted by Crippen LogP contribution is 2.26. The van der Waals surface area contributed by atoms with Crippen molar-refractivity contribution in [3.05, 3.63) is 42.0 Å². The molecular formula is C27H42N4O4. The van der Waals surface area contributed by atoms with Crippen molar-refractivity contribution < 1.29 is 19.6 Å². The molecule has 0 unspecified atom stereocenters. The standard InChI is InChI=1S/C27H42N4O4/c1-19(2)17-23(22(26(33)29-35)14-9-13-21-11-7-6-8-12-21)25(32)28-31(18-20(3)4)27(34)24-15-10-16-30(24)5/h6-9,11-13,19-20,22-24,35H,10,14-18H2,1-5H3,(H,28,32)(H,29,33)/t22-,23+,24-/m0/s1. The summed E-state index contributed by atoms with van der Waals surface area (Å²) in [5.74, 6) is -2.33. The second-order valence-corrected chi connectivity index (χ2v) is 10.3. The first kappa shape index (κ1) is 28.5. The van der Waals surface area contributed by atoms with Crippen molar-refractivity contribution in [1.29, 1.82) is 0 Å². The van der Waals surface area contributed by atoms with E-state index in [1.54, 1.807) is 5.48 Å². The van der Waals surface area contributed by atoms with Gasteiger partial charge < -0.3 is 0 Å². The van der Waals surface area contributed by atoms with Crippen LogP contribution in [-0.4, -0.2) is 59.0 Å². The van der Waals surface area contributed by atoms with E-state index >= 15 is 0 Å². The minimum Gasteiger partial charge on any atom is -0.295 e. The van der Waals surface area contributed by atoms with Gasteiger partial charge in [0.1, 0.15) is 0 Å². The summed E-state index contributed by atoms with van der Waals surface area (Å²) in [5, 5.41) is 10.9. The molecule has 8 nitrogen and oxygen atoms in total. The molecule has 3 N–H and O–H groups in total. The Morgan fingerprint density at radius 3 is 2.31 bits per heavy atom. The average Bonchev–Trinajstić information content (AvgIpc) is 3.25. The third-order valence-electron chi connectivity index (χ3n) is 6.36. The fourth-order valence-corrected chi connectivity index (χ4v) is 4.59. The predicted octanol–water partition coefficient (Wildman–Crippen LogP) is 3.48. The van der Waals surface area contributed by atoms with Crippen molar-refractivity contribution in [2.24, 2.45) is 23.7 Å². The number of rotatable bonds is 11. The second kappa shape index (κ2) is 14.0. The molecule has 8 heteroatoms. The number of hydroxylamine groups is 1. The smallest absolute Gasteiger partial charge is 0.258 e. The first-order valence-electron chi connectivity index (χ1n) is 12.6. The molecular weight excluding hydrogens is 444 g/mol. The molecule has 1 aromatic rings. The first-order valence-corrected chi connectivity index (χ1v) is 12.6.